The van der Waals surface area contributed by atoms with Gasteiger partial charge in [-0.2, -0.15) is 0 Å². The van der Waals surface area contributed by atoms with Crippen LogP contribution in [-0.4, -0.2) is 5.11 Å². The number of aliphatic hydroxyl groups is 1. The van der Waals surface area contributed by atoms with E-state index in [9.17, 15) is 0 Å². The summed E-state index contributed by atoms with van der Waals surface area (Å²) in [7, 11) is 0. The predicted octanol–water partition coefficient (Wildman–Crippen LogP) is 3.36. The third-order valence-electron chi connectivity index (χ3n) is 1.42. The molecule has 1 N–H and O–H groups in total. The molecule has 0 aromatic rings. The molecule has 0 spiro atoms. The second kappa shape index (κ2) is 5.78. The Bertz CT molecular complexity index is 175. The molecule has 0 unspecified atom stereocenters. The Morgan fingerprint density at radius 2 is 2.00 bits per heavy atom. The maximum atomic E-state index is 8.90. The van der Waals surface area contributed by atoms with E-state index in [0.29, 0.717) is 5.76 Å². The highest BCUT2D eigenvalue weighted by Gasteiger charge is 1.99. The molecule has 0 aliphatic heterocycles. The van der Waals surface area contributed by atoms with E-state index in [1.54, 1.807) is 6.08 Å². The predicted molar refractivity (Wildman–Crippen MR) is 49.6 cm³/mol. The van der Waals surface area contributed by atoms with Gasteiger partial charge >= 0.3 is 0 Å². The zero-order chi connectivity index (χ0) is 8.69. The number of hydrogen-bond donors (Lipinski definition) is 1. The Kier molecular flexibility index (Phi) is 5.26. The Morgan fingerprint density at radius 3 is 2.36 bits per heavy atom. The number of hydrogen-bond acceptors (Lipinski definition) is 1. The summed E-state index contributed by atoms with van der Waals surface area (Å²) < 4.78 is 0. The molecule has 1 aliphatic carbocycles. The summed E-state index contributed by atoms with van der Waals surface area (Å²) in [5.74, 6) is 0.473. The fraction of sp³-hybridized carbons (Fsp3) is 0.400. The fourth-order valence-corrected chi connectivity index (χ4v) is 0.812. The smallest absolute Gasteiger partial charge is 0.0926 e. The molecule has 1 heteroatoms. The summed E-state index contributed by atoms with van der Waals surface area (Å²) >= 11 is 0. The zero-order valence-corrected chi connectivity index (χ0v) is 7.30. The first kappa shape index (κ1) is 10.0. The largest absolute Gasteiger partial charge is 0.512 e. The Balaban J connectivity index is 0.000000461. The summed E-state index contributed by atoms with van der Waals surface area (Å²) in [5.41, 5.74) is 1.20. The molecule has 0 radical (unpaired) electrons. The van der Waals surface area contributed by atoms with Gasteiger partial charge < -0.3 is 5.11 Å². The van der Waals surface area contributed by atoms with Crippen LogP contribution in [0.2, 0.25) is 0 Å². The lowest BCUT2D eigenvalue weighted by atomic mass is 10.0. The average molecular weight is 152 g/mol. The lowest BCUT2D eigenvalue weighted by Crippen LogP contribution is -1.89. The lowest BCUT2D eigenvalue weighted by molar-refractivity contribution is 0.386. The van der Waals surface area contributed by atoms with E-state index in [0.717, 1.165) is 12.8 Å². The molecule has 1 nitrogen and oxygen atoms in total. The van der Waals surface area contributed by atoms with E-state index in [2.05, 4.69) is 6.58 Å². The highest BCUT2D eigenvalue weighted by molar-refractivity contribution is 5.27. The van der Waals surface area contributed by atoms with Crippen molar-refractivity contribution in [1.29, 1.82) is 0 Å². The van der Waals surface area contributed by atoms with Crippen molar-refractivity contribution in [3.8, 4) is 0 Å². The van der Waals surface area contributed by atoms with Gasteiger partial charge in [-0.3, -0.25) is 0 Å². The van der Waals surface area contributed by atoms with Gasteiger partial charge in [0.2, 0.25) is 0 Å². The second-order valence-electron chi connectivity index (χ2n) is 2.10. The number of aliphatic hydroxyl groups excluding tert-OH is 1. The molecule has 62 valence electrons. The van der Waals surface area contributed by atoms with Gasteiger partial charge in [0.25, 0.3) is 0 Å². The van der Waals surface area contributed by atoms with Crippen molar-refractivity contribution >= 4 is 0 Å². The van der Waals surface area contributed by atoms with Gasteiger partial charge in [-0.1, -0.05) is 32.6 Å². The lowest BCUT2D eigenvalue weighted by Gasteiger charge is -2.05. The zero-order valence-electron chi connectivity index (χ0n) is 7.30. The van der Waals surface area contributed by atoms with Crippen molar-refractivity contribution in [1.82, 2.24) is 0 Å². The highest BCUT2D eigenvalue weighted by Crippen LogP contribution is 2.15. The molecular formula is C10H16O. The molecule has 1 rings (SSSR count). The fourth-order valence-electron chi connectivity index (χ4n) is 0.812. The van der Waals surface area contributed by atoms with Crippen LogP contribution in [0.5, 0.6) is 0 Å². The second-order valence-corrected chi connectivity index (χ2v) is 2.10. The molecule has 0 heterocycles. The summed E-state index contributed by atoms with van der Waals surface area (Å²) in [4.78, 5) is 0. The van der Waals surface area contributed by atoms with Crippen molar-refractivity contribution in [2.24, 2.45) is 0 Å². The summed E-state index contributed by atoms with van der Waals surface area (Å²) in [6.07, 6.45) is 7.12. The van der Waals surface area contributed by atoms with Gasteiger partial charge in [-0.05, 0) is 18.1 Å². The van der Waals surface area contributed by atoms with Crippen LogP contribution < -0.4 is 0 Å². The highest BCUT2D eigenvalue weighted by atomic mass is 16.3. The minimum absolute atomic E-state index is 0.473. The van der Waals surface area contributed by atoms with Gasteiger partial charge in [0, 0.05) is 6.42 Å². The van der Waals surface area contributed by atoms with E-state index < -0.39 is 0 Å². The Hall–Kier alpha value is -0.980. The molecule has 0 saturated carbocycles. The van der Waals surface area contributed by atoms with Crippen LogP contribution in [0.1, 0.15) is 26.7 Å². The van der Waals surface area contributed by atoms with Crippen molar-refractivity contribution in [3.05, 3.63) is 36.1 Å². The van der Waals surface area contributed by atoms with Gasteiger partial charge in [0.15, 0.2) is 0 Å². The standard InChI is InChI=1S/C8H10O.C2H6/c1-2-7-3-5-8(9)6-4-7;1-2/h2-3,5,9H,1,4,6H2;1-2H3. The molecule has 0 saturated heterocycles. The average Bonchev–Trinajstić information content (AvgIpc) is 2.10. The quantitative estimate of drug-likeness (QED) is 0.610. The first-order valence-electron chi connectivity index (χ1n) is 4.04. The van der Waals surface area contributed by atoms with Crippen LogP contribution in [0.15, 0.2) is 36.1 Å². The minimum Gasteiger partial charge on any atom is -0.512 e. The SMILES string of the molecule is C=CC1=CC=C(O)CC1.CC. The topological polar surface area (TPSA) is 20.2 Å². The number of rotatable bonds is 1. The molecule has 0 amide bonds. The summed E-state index contributed by atoms with van der Waals surface area (Å²) in [5, 5.41) is 8.90. The molecular weight excluding hydrogens is 136 g/mol. The van der Waals surface area contributed by atoms with E-state index in [-0.39, 0.29) is 0 Å². The van der Waals surface area contributed by atoms with Gasteiger partial charge in [0.1, 0.15) is 0 Å². The molecule has 0 bridgehead atoms. The number of allylic oxidation sites excluding steroid dienone is 5. The van der Waals surface area contributed by atoms with Crippen LogP contribution in [0.3, 0.4) is 0 Å². The van der Waals surface area contributed by atoms with Crippen LogP contribution in [-0.2, 0) is 0 Å². The van der Waals surface area contributed by atoms with Crippen molar-refractivity contribution in [3.63, 3.8) is 0 Å². The van der Waals surface area contributed by atoms with Crippen molar-refractivity contribution < 1.29 is 5.11 Å². The molecule has 0 aromatic carbocycles. The summed E-state index contributed by atoms with van der Waals surface area (Å²) in [6.45, 7) is 7.63. The Labute approximate surface area is 68.7 Å². The van der Waals surface area contributed by atoms with E-state index in [1.807, 2.05) is 26.0 Å². The van der Waals surface area contributed by atoms with Crippen molar-refractivity contribution in [2.75, 3.05) is 0 Å². The van der Waals surface area contributed by atoms with E-state index >= 15 is 0 Å². The monoisotopic (exact) mass is 152 g/mol. The maximum absolute atomic E-state index is 8.90. The van der Waals surface area contributed by atoms with Gasteiger partial charge in [-0.25, -0.2) is 0 Å². The third-order valence-corrected chi connectivity index (χ3v) is 1.42. The maximum Gasteiger partial charge on any atom is 0.0926 e. The Morgan fingerprint density at radius 1 is 1.36 bits per heavy atom. The third kappa shape index (κ3) is 3.66. The van der Waals surface area contributed by atoms with E-state index in [1.165, 1.54) is 5.57 Å². The molecule has 0 atom stereocenters. The van der Waals surface area contributed by atoms with E-state index in [4.69, 9.17) is 5.11 Å². The first-order chi connectivity index (χ1) is 5.33. The van der Waals surface area contributed by atoms with Crippen LogP contribution in [0.4, 0.5) is 0 Å². The van der Waals surface area contributed by atoms with Gasteiger partial charge in [-0.15, -0.1) is 0 Å². The first-order valence-corrected chi connectivity index (χ1v) is 4.04. The van der Waals surface area contributed by atoms with Crippen LogP contribution >= 0.6 is 0 Å². The molecule has 1 aliphatic rings. The van der Waals surface area contributed by atoms with Gasteiger partial charge in [0.05, 0.1) is 5.76 Å². The molecule has 11 heavy (non-hydrogen) atoms. The minimum atomic E-state index is 0.473. The van der Waals surface area contributed by atoms with Crippen LogP contribution in [0, 0.1) is 0 Å². The molecule has 0 aromatic heterocycles. The molecule has 0 fully saturated rings. The summed E-state index contributed by atoms with van der Waals surface area (Å²) in [6, 6.07) is 0. The van der Waals surface area contributed by atoms with Crippen molar-refractivity contribution in [2.45, 2.75) is 26.7 Å². The normalized spacial score (nSPS) is 15.5. The van der Waals surface area contributed by atoms with Crippen LogP contribution in [0.25, 0.3) is 0 Å².